The molecule has 1 aliphatic rings. The molecule has 0 aromatic heterocycles. The van der Waals surface area contributed by atoms with Crippen molar-refractivity contribution in [1.29, 1.82) is 0 Å². The molecule has 0 aliphatic carbocycles. The minimum absolute atomic E-state index is 0.147. The van der Waals surface area contributed by atoms with E-state index in [0.717, 1.165) is 19.5 Å². The summed E-state index contributed by atoms with van der Waals surface area (Å²) < 4.78 is 28.9. The summed E-state index contributed by atoms with van der Waals surface area (Å²) in [4.78, 5) is 2.16. The van der Waals surface area contributed by atoms with Crippen molar-refractivity contribution in [3.63, 3.8) is 0 Å². The normalized spacial score (nSPS) is 20.4. The Morgan fingerprint density at radius 2 is 1.71 bits per heavy atom. The van der Waals surface area contributed by atoms with Crippen LogP contribution in [0.4, 0.5) is 0 Å². The molecule has 1 aliphatic heterocycles. The summed E-state index contributed by atoms with van der Waals surface area (Å²) in [5.74, 6) is -0.147. The maximum Gasteiger partial charge on any atom is 0.347 e. The van der Waals surface area contributed by atoms with Crippen LogP contribution in [-0.2, 0) is 18.3 Å². The smallest absolute Gasteiger partial charge is 0.347 e. The highest BCUT2D eigenvalue weighted by molar-refractivity contribution is 7.54. The molecule has 0 N–H and O–H groups in total. The van der Waals surface area contributed by atoms with E-state index in [0.29, 0.717) is 26.4 Å². The van der Waals surface area contributed by atoms with Crippen molar-refractivity contribution in [3.05, 3.63) is 0 Å². The van der Waals surface area contributed by atoms with Crippen LogP contribution in [0.25, 0.3) is 0 Å². The third-order valence-corrected chi connectivity index (χ3v) is 5.47. The second kappa shape index (κ2) is 7.49. The summed E-state index contributed by atoms with van der Waals surface area (Å²) in [7, 11) is -3.03. The summed E-state index contributed by atoms with van der Waals surface area (Å²) in [6.07, 6.45) is 0.761. The van der Waals surface area contributed by atoms with Gasteiger partial charge in [-0.25, -0.2) is 0 Å². The van der Waals surface area contributed by atoms with Gasteiger partial charge < -0.3 is 13.8 Å². The second-order valence-electron chi connectivity index (χ2n) is 3.91. The highest BCUT2D eigenvalue weighted by Crippen LogP contribution is 2.55. The predicted octanol–water partition coefficient (Wildman–Crippen LogP) is 2.32. The van der Waals surface area contributed by atoms with Crippen LogP contribution in [0.1, 0.15) is 27.2 Å². The summed E-state index contributed by atoms with van der Waals surface area (Å²) in [5, 5.41) is 0. The van der Waals surface area contributed by atoms with E-state index in [2.05, 4.69) is 4.90 Å². The number of rotatable bonds is 7. The molecule has 0 radical (unpaired) electrons. The lowest BCUT2D eigenvalue weighted by atomic mass is 10.3. The first-order valence-corrected chi connectivity index (χ1v) is 7.99. The van der Waals surface area contributed by atoms with Gasteiger partial charge in [-0.3, -0.25) is 9.46 Å². The molecule has 0 spiro atoms. The minimum Gasteiger partial charge on any atom is -0.379 e. The van der Waals surface area contributed by atoms with Gasteiger partial charge in [0.25, 0.3) is 0 Å². The van der Waals surface area contributed by atoms with Crippen molar-refractivity contribution in [2.24, 2.45) is 0 Å². The van der Waals surface area contributed by atoms with Crippen LogP contribution < -0.4 is 0 Å². The molecule has 6 heteroatoms. The molecule has 1 saturated heterocycles. The lowest BCUT2D eigenvalue weighted by molar-refractivity contribution is 0.0234. The molecule has 0 unspecified atom stereocenters. The molecule has 1 atom stereocenters. The largest absolute Gasteiger partial charge is 0.379 e. The first-order chi connectivity index (χ1) is 8.18. The Morgan fingerprint density at radius 1 is 1.18 bits per heavy atom. The quantitative estimate of drug-likeness (QED) is 0.661. The average molecular weight is 265 g/mol. The number of nitrogens with zero attached hydrogens (tertiary/aromatic N) is 1. The lowest BCUT2D eigenvalue weighted by Gasteiger charge is -2.37. The highest BCUT2D eigenvalue weighted by atomic mass is 31.2. The molecule has 1 rings (SSSR count). The molecule has 0 saturated carbocycles. The number of hydrogen-bond donors (Lipinski definition) is 0. The maximum absolute atomic E-state index is 12.7. The second-order valence-corrected chi connectivity index (χ2v) is 6.10. The van der Waals surface area contributed by atoms with Gasteiger partial charge >= 0.3 is 7.60 Å². The van der Waals surface area contributed by atoms with Crippen LogP contribution in [0, 0.1) is 0 Å². The first kappa shape index (κ1) is 15.1. The molecule has 0 aromatic rings. The molecule has 102 valence electrons. The third kappa shape index (κ3) is 4.04. The summed E-state index contributed by atoms with van der Waals surface area (Å²) >= 11 is 0. The van der Waals surface area contributed by atoms with E-state index in [1.807, 2.05) is 20.8 Å². The number of hydrogen-bond acceptors (Lipinski definition) is 5. The molecule has 1 fully saturated rings. The van der Waals surface area contributed by atoms with E-state index < -0.39 is 7.60 Å². The Hall–Kier alpha value is 0.0700. The van der Waals surface area contributed by atoms with Crippen molar-refractivity contribution in [3.8, 4) is 0 Å². The minimum atomic E-state index is -3.03. The lowest BCUT2D eigenvalue weighted by Crippen LogP contribution is -2.43. The van der Waals surface area contributed by atoms with Gasteiger partial charge in [-0.05, 0) is 20.3 Å². The van der Waals surface area contributed by atoms with E-state index in [1.54, 1.807) is 0 Å². The molecule has 5 nitrogen and oxygen atoms in total. The molecular formula is C11H24NO4P. The topological polar surface area (TPSA) is 48.0 Å². The van der Waals surface area contributed by atoms with Gasteiger partial charge in [0.05, 0.1) is 26.4 Å². The fraction of sp³-hybridized carbons (Fsp3) is 1.00. The van der Waals surface area contributed by atoms with Crippen LogP contribution in [-0.4, -0.2) is 50.2 Å². The van der Waals surface area contributed by atoms with E-state index in [-0.39, 0.29) is 5.78 Å². The van der Waals surface area contributed by atoms with E-state index in [9.17, 15) is 4.57 Å². The van der Waals surface area contributed by atoms with Crippen LogP contribution in [0.3, 0.4) is 0 Å². The van der Waals surface area contributed by atoms with Crippen LogP contribution in [0.5, 0.6) is 0 Å². The van der Waals surface area contributed by atoms with Crippen molar-refractivity contribution < 1.29 is 18.3 Å². The van der Waals surface area contributed by atoms with Gasteiger partial charge in [-0.2, -0.15) is 0 Å². The highest BCUT2D eigenvalue weighted by Gasteiger charge is 2.38. The van der Waals surface area contributed by atoms with Gasteiger partial charge in [-0.1, -0.05) is 6.92 Å². The fourth-order valence-corrected chi connectivity index (χ4v) is 4.34. The summed E-state index contributed by atoms with van der Waals surface area (Å²) in [5.41, 5.74) is 0. The van der Waals surface area contributed by atoms with Crippen molar-refractivity contribution in [1.82, 2.24) is 4.90 Å². The van der Waals surface area contributed by atoms with E-state index >= 15 is 0 Å². The molecule has 0 amide bonds. The van der Waals surface area contributed by atoms with E-state index in [4.69, 9.17) is 13.8 Å². The zero-order valence-electron chi connectivity index (χ0n) is 11.1. The zero-order chi connectivity index (χ0) is 12.7. The standard InChI is InChI=1S/C11H24NO4P/c1-4-11(12-7-9-14-10-8-12)17(13,15-5-2)16-6-3/h11H,4-10H2,1-3H3/t11-/m1/s1. The molecule has 1 heterocycles. The number of morpholine rings is 1. The van der Waals surface area contributed by atoms with Gasteiger partial charge in [-0.15, -0.1) is 0 Å². The van der Waals surface area contributed by atoms with Crippen molar-refractivity contribution in [2.75, 3.05) is 39.5 Å². The molecule has 17 heavy (non-hydrogen) atoms. The molecule has 0 bridgehead atoms. The molecule has 0 aromatic carbocycles. The maximum atomic E-state index is 12.7. The van der Waals surface area contributed by atoms with Crippen molar-refractivity contribution >= 4 is 7.60 Å². The Labute approximate surface area is 104 Å². The van der Waals surface area contributed by atoms with Crippen LogP contribution >= 0.6 is 7.60 Å². The SMILES string of the molecule is CCOP(=O)(OCC)[C@H](CC)N1CCOCC1. The predicted molar refractivity (Wildman–Crippen MR) is 67.3 cm³/mol. The van der Waals surface area contributed by atoms with Crippen LogP contribution in [0.15, 0.2) is 0 Å². The van der Waals surface area contributed by atoms with Gasteiger partial charge in [0.15, 0.2) is 0 Å². The summed E-state index contributed by atoms with van der Waals surface area (Å²) in [6, 6.07) is 0. The molecular weight excluding hydrogens is 241 g/mol. The van der Waals surface area contributed by atoms with Gasteiger partial charge in [0.2, 0.25) is 0 Å². The number of ether oxygens (including phenoxy) is 1. The van der Waals surface area contributed by atoms with Gasteiger partial charge in [0.1, 0.15) is 5.78 Å². The van der Waals surface area contributed by atoms with Crippen LogP contribution in [0.2, 0.25) is 0 Å². The average Bonchev–Trinajstić information content (AvgIpc) is 2.31. The van der Waals surface area contributed by atoms with Gasteiger partial charge in [0, 0.05) is 13.1 Å². The van der Waals surface area contributed by atoms with Crippen molar-refractivity contribution in [2.45, 2.75) is 33.0 Å². The Bertz CT molecular complexity index is 246. The first-order valence-electron chi connectivity index (χ1n) is 6.38. The third-order valence-electron chi connectivity index (χ3n) is 2.82. The Kier molecular flexibility index (Phi) is 6.67. The van der Waals surface area contributed by atoms with E-state index in [1.165, 1.54) is 0 Å². The Balaban J connectivity index is 2.75. The zero-order valence-corrected chi connectivity index (χ0v) is 11.9. The Morgan fingerprint density at radius 3 is 2.12 bits per heavy atom. The summed E-state index contributed by atoms with van der Waals surface area (Å²) in [6.45, 7) is 9.51. The fourth-order valence-electron chi connectivity index (χ4n) is 2.13. The monoisotopic (exact) mass is 265 g/mol.